The summed E-state index contributed by atoms with van der Waals surface area (Å²) in [5.41, 5.74) is 0.383. The van der Waals surface area contributed by atoms with Crippen molar-refractivity contribution in [3.8, 4) is 0 Å². The van der Waals surface area contributed by atoms with Crippen LogP contribution in [-0.2, 0) is 19.1 Å². The average molecular weight is 354 g/mol. The fourth-order valence-electron chi connectivity index (χ4n) is 2.40. The second-order valence-corrected chi connectivity index (χ2v) is 7.65. The molecule has 0 aromatic carbocycles. The molecule has 1 fully saturated rings. The lowest BCUT2D eigenvalue weighted by Gasteiger charge is -2.49. The van der Waals surface area contributed by atoms with Crippen molar-refractivity contribution >= 4 is 29.7 Å². The van der Waals surface area contributed by atoms with Crippen LogP contribution in [0.2, 0.25) is 0 Å². The summed E-state index contributed by atoms with van der Waals surface area (Å²) in [6.07, 6.45) is 0.816. The van der Waals surface area contributed by atoms with Gasteiger partial charge >= 0.3 is 12.1 Å². The molecule has 7 nitrogen and oxygen atoms in total. The third-order valence-electron chi connectivity index (χ3n) is 3.36. The number of hydrogen-bond donors (Lipinski definition) is 1. The highest BCUT2D eigenvalue weighted by atomic mass is 32.2. The molecule has 2 rings (SSSR count). The summed E-state index contributed by atoms with van der Waals surface area (Å²) >= 11 is 1.49. The Hall–Kier alpha value is -1.96. The van der Waals surface area contributed by atoms with Crippen LogP contribution in [0.1, 0.15) is 27.7 Å². The molecule has 2 atom stereocenters. The van der Waals surface area contributed by atoms with E-state index in [1.54, 1.807) is 27.7 Å². The number of rotatable bonds is 4. The highest BCUT2D eigenvalue weighted by Crippen LogP contribution is 2.40. The maximum atomic E-state index is 12.4. The Bertz CT molecular complexity index is 608. The molecule has 0 unspecified atom stereocenters. The van der Waals surface area contributed by atoms with Crippen LogP contribution >= 0.6 is 11.8 Å². The van der Waals surface area contributed by atoms with Crippen molar-refractivity contribution in [1.82, 2.24) is 10.2 Å². The molecule has 0 bridgehead atoms. The maximum Gasteiger partial charge on any atom is 0.408 e. The zero-order valence-corrected chi connectivity index (χ0v) is 15.1. The van der Waals surface area contributed by atoms with Crippen molar-refractivity contribution in [2.45, 2.75) is 44.7 Å². The smallest absolute Gasteiger partial charge is 0.408 e. The molecular weight excluding hydrogens is 332 g/mol. The first-order chi connectivity index (χ1) is 11.2. The van der Waals surface area contributed by atoms with Crippen molar-refractivity contribution in [2.24, 2.45) is 0 Å². The molecule has 0 spiro atoms. The quantitative estimate of drug-likeness (QED) is 0.471. The van der Waals surface area contributed by atoms with Gasteiger partial charge in [-0.3, -0.25) is 9.69 Å². The third-order valence-corrected chi connectivity index (χ3v) is 4.78. The summed E-state index contributed by atoms with van der Waals surface area (Å²) in [4.78, 5) is 37.8. The van der Waals surface area contributed by atoms with Crippen LogP contribution < -0.4 is 5.32 Å². The van der Waals surface area contributed by atoms with Gasteiger partial charge in [0.15, 0.2) is 0 Å². The predicted molar refractivity (Wildman–Crippen MR) is 90.1 cm³/mol. The lowest BCUT2D eigenvalue weighted by molar-refractivity contribution is -0.151. The molecule has 24 heavy (non-hydrogen) atoms. The van der Waals surface area contributed by atoms with E-state index in [2.05, 4.69) is 11.9 Å². The van der Waals surface area contributed by atoms with E-state index in [1.807, 2.05) is 0 Å². The average Bonchev–Trinajstić information content (AvgIpc) is 2.48. The normalized spacial score (nSPS) is 23.2. The summed E-state index contributed by atoms with van der Waals surface area (Å²) in [7, 11) is 0. The minimum Gasteiger partial charge on any atom is -0.457 e. The monoisotopic (exact) mass is 354 g/mol. The van der Waals surface area contributed by atoms with Gasteiger partial charge in [0.25, 0.3) is 5.91 Å². The van der Waals surface area contributed by atoms with E-state index in [4.69, 9.17) is 9.47 Å². The van der Waals surface area contributed by atoms with Crippen molar-refractivity contribution in [3.63, 3.8) is 0 Å². The van der Waals surface area contributed by atoms with Gasteiger partial charge in [-0.05, 0) is 33.3 Å². The number of nitrogens with one attached hydrogen (secondary N) is 1. The lowest BCUT2D eigenvalue weighted by atomic mass is 10.0. The first-order valence-electron chi connectivity index (χ1n) is 7.57. The van der Waals surface area contributed by atoms with Gasteiger partial charge in [-0.2, -0.15) is 0 Å². The van der Waals surface area contributed by atoms with Gasteiger partial charge in [0.2, 0.25) is 0 Å². The van der Waals surface area contributed by atoms with Crippen LogP contribution in [0.15, 0.2) is 23.9 Å². The van der Waals surface area contributed by atoms with E-state index in [-0.39, 0.29) is 23.6 Å². The zero-order valence-electron chi connectivity index (χ0n) is 14.3. The number of esters is 1. The lowest BCUT2D eigenvalue weighted by Crippen LogP contribution is -2.70. The molecule has 0 saturated carbocycles. The second-order valence-electron chi connectivity index (χ2n) is 6.55. The SMILES string of the molecule is C=CCOC(=O)C1=C(C)CS[C@@H]2[C@H](NC(=O)OC(C)(C)C)C(=O)N12. The number of hydrogen-bond acceptors (Lipinski definition) is 6. The molecule has 2 heterocycles. The molecule has 132 valence electrons. The van der Waals surface area contributed by atoms with Crippen molar-refractivity contribution < 1.29 is 23.9 Å². The van der Waals surface area contributed by atoms with Gasteiger partial charge in [0, 0.05) is 5.75 Å². The Labute approximate surface area is 145 Å². The molecule has 0 aliphatic carbocycles. The maximum absolute atomic E-state index is 12.4. The van der Waals surface area contributed by atoms with Crippen molar-refractivity contribution in [3.05, 3.63) is 23.9 Å². The number of amides is 2. The van der Waals surface area contributed by atoms with Gasteiger partial charge in [0.05, 0.1) is 0 Å². The van der Waals surface area contributed by atoms with E-state index in [9.17, 15) is 14.4 Å². The molecule has 2 amide bonds. The van der Waals surface area contributed by atoms with Crippen LogP contribution in [0.5, 0.6) is 0 Å². The molecule has 1 N–H and O–H groups in total. The zero-order chi connectivity index (χ0) is 18.1. The third kappa shape index (κ3) is 3.75. The minimum atomic E-state index is -0.708. The van der Waals surface area contributed by atoms with Gasteiger partial charge in [-0.25, -0.2) is 9.59 Å². The number of alkyl carbamates (subject to hydrolysis) is 1. The van der Waals surface area contributed by atoms with Gasteiger partial charge in [-0.15, -0.1) is 11.8 Å². The van der Waals surface area contributed by atoms with Crippen molar-refractivity contribution in [2.75, 3.05) is 12.4 Å². The first-order valence-corrected chi connectivity index (χ1v) is 8.62. The summed E-state index contributed by atoms with van der Waals surface area (Å²) in [6.45, 7) is 10.6. The second kappa shape index (κ2) is 6.88. The molecule has 1 saturated heterocycles. The topological polar surface area (TPSA) is 84.9 Å². The fraction of sp³-hybridized carbons (Fsp3) is 0.562. The summed E-state index contributed by atoms with van der Waals surface area (Å²) in [5, 5.41) is 2.24. The van der Waals surface area contributed by atoms with Crippen molar-refractivity contribution in [1.29, 1.82) is 0 Å². The number of nitrogens with zero attached hydrogens (tertiary/aromatic N) is 1. The van der Waals surface area contributed by atoms with Crippen LogP contribution in [0.25, 0.3) is 0 Å². The Morgan fingerprint density at radius 2 is 2.12 bits per heavy atom. The first kappa shape index (κ1) is 18.4. The molecular formula is C16H22N2O5S. The van der Waals surface area contributed by atoms with Crippen LogP contribution in [0, 0.1) is 0 Å². The van der Waals surface area contributed by atoms with Gasteiger partial charge < -0.3 is 14.8 Å². The Morgan fingerprint density at radius 3 is 2.71 bits per heavy atom. The molecule has 0 aromatic heterocycles. The standard InChI is InChI=1S/C16H22N2O5S/c1-6-7-22-14(20)11-9(2)8-24-13-10(12(19)18(11)13)17-15(21)23-16(3,4)5/h6,10,13H,1,7-8H2,2-5H3,(H,17,21)/t10-,13-/m1/s1. The molecule has 0 radical (unpaired) electrons. The van der Waals surface area contributed by atoms with Gasteiger partial charge in [0.1, 0.15) is 29.3 Å². The van der Waals surface area contributed by atoms with Crippen LogP contribution in [0.4, 0.5) is 4.79 Å². The molecule has 8 heteroatoms. The number of carbonyl (C=O) groups is 3. The summed E-state index contributed by atoms with van der Waals surface area (Å²) < 4.78 is 10.2. The highest BCUT2D eigenvalue weighted by Gasteiger charge is 2.54. The van der Waals surface area contributed by atoms with E-state index in [0.717, 1.165) is 5.57 Å². The Kier molecular flexibility index (Phi) is 5.27. The van der Waals surface area contributed by atoms with E-state index in [0.29, 0.717) is 5.75 Å². The summed E-state index contributed by atoms with van der Waals surface area (Å²) in [5.74, 6) is -0.316. The number of ether oxygens (including phenoxy) is 2. The highest BCUT2D eigenvalue weighted by molar-refractivity contribution is 8.00. The fourth-order valence-corrected chi connectivity index (χ4v) is 3.69. The number of β-lactam (4-membered cyclic amide) rings is 1. The summed E-state index contributed by atoms with van der Waals surface area (Å²) in [6, 6.07) is -0.708. The van der Waals surface area contributed by atoms with Crippen LogP contribution in [-0.4, -0.2) is 52.2 Å². The van der Waals surface area contributed by atoms with E-state index >= 15 is 0 Å². The largest absolute Gasteiger partial charge is 0.457 e. The van der Waals surface area contributed by atoms with E-state index in [1.165, 1.54) is 22.7 Å². The minimum absolute atomic E-state index is 0.0784. The molecule has 0 aromatic rings. The molecule has 2 aliphatic heterocycles. The van der Waals surface area contributed by atoms with Crippen LogP contribution in [0.3, 0.4) is 0 Å². The Balaban J connectivity index is 2.07. The van der Waals surface area contributed by atoms with E-state index < -0.39 is 23.7 Å². The Morgan fingerprint density at radius 1 is 1.46 bits per heavy atom. The number of thioether (sulfide) groups is 1. The number of carbonyl (C=O) groups excluding carboxylic acids is 3. The predicted octanol–water partition coefficient (Wildman–Crippen LogP) is 1.80. The van der Waals surface area contributed by atoms with Gasteiger partial charge in [-0.1, -0.05) is 12.7 Å². The molecule has 2 aliphatic rings. The number of fused-ring (bicyclic) bond motifs is 1.